The second-order valence-electron chi connectivity index (χ2n) is 6.09. The molecule has 0 saturated heterocycles. The van der Waals surface area contributed by atoms with Gasteiger partial charge >= 0.3 is 0 Å². The van der Waals surface area contributed by atoms with Crippen molar-refractivity contribution in [1.29, 1.82) is 0 Å². The Morgan fingerprint density at radius 3 is 2.54 bits per heavy atom. The predicted octanol–water partition coefficient (Wildman–Crippen LogP) is 3.78. The lowest BCUT2D eigenvalue weighted by atomic mass is 10.1. The molecular formula is C20H22N4OS. The minimum atomic E-state index is -0.00642. The molecule has 0 unspecified atom stereocenters. The zero-order chi connectivity index (χ0) is 18.5. The standard InChI is InChI=1S/C20H22N4OS/c1-4-21-18(25)13-26-20-23-22-19(16-7-5-6-15(3)12-16)24(20)17-10-8-14(2)9-11-17/h5-12H,4,13H2,1-3H3,(H,21,25). The molecule has 1 heterocycles. The maximum absolute atomic E-state index is 11.8. The van der Waals surface area contributed by atoms with Crippen LogP contribution in [0.15, 0.2) is 53.7 Å². The molecule has 0 bridgehead atoms. The highest BCUT2D eigenvalue weighted by atomic mass is 32.2. The predicted molar refractivity (Wildman–Crippen MR) is 106 cm³/mol. The zero-order valence-electron chi connectivity index (χ0n) is 15.2. The third kappa shape index (κ3) is 4.14. The molecule has 1 N–H and O–H groups in total. The molecular weight excluding hydrogens is 344 g/mol. The van der Waals surface area contributed by atoms with Crippen LogP contribution in [0, 0.1) is 13.8 Å². The Morgan fingerprint density at radius 1 is 1.08 bits per heavy atom. The van der Waals surface area contributed by atoms with Gasteiger partial charge < -0.3 is 5.32 Å². The van der Waals surface area contributed by atoms with Gasteiger partial charge in [-0.05, 0) is 39.0 Å². The van der Waals surface area contributed by atoms with E-state index in [4.69, 9.17) is 0 Å². The third-order valence-electron chi connectivity index (χ3n) is 3.91. The van der Waals surface area contributed by atoms with Crippen molar-refractivity contribution in [2.24, 2.45) is 0 Å². The van der Waals surface area contributed by atoms with Crippen LogP contribution in [-0.2, 0) is 4.79 Å². The van der Waals surface area contributed by atoms with Crippen molar-refractivity contribution in [3.05, 3.63) is 59.7 Å². The Morgan fingerprint density at radius 2 is 1.85 bits per heavy atom. The van der Waals surface area contributed by atoms with Gasteiger partial charge in [0, 0.05) is 17.8 Å². The molecule has 6 heteroatoms. The largest absolute Gasteiger partial charge is 0.356 e. The summed E-state index contributed by atoms with van der Waals surface area (Å²) in [6.07, 6.45) is 0. The van der Waals surface area contributed by atoms with Crippen LogP contribution in [0.1, 0.15) is 18.1 Å². The molecule has 134 valence electrons. The molecule has 2 aromatic carbocycles. The average molecular weight is 366 g/mol. The molecule has 0 atom stereocenters. The van der Waals surface area contributed by atoms with Crippen molar-refractivity contribution in [2.75, 3.05) is 12.3 Å². The van der Waals surface area contributed by atoms with Crippen LogP contribution >= 0.6 is 11.8 Å². The van der Waals surface area contributed by atoms with E-state index in [2.05, 4.69) is 53.6 Å². The normalized spacial score (nSPS) is 10.7. The summed E-state index contributed by atoms with van der Waals surface area (Å²) in [6.45, 7) is 6.65. The van der Waals surface area contributed by atoms with E-state index in [1.807, 2.05) is 35.8 Å². The Labute approximate surface area is 157 Å². The van der Waals surface area contributed by atoms with Crippen molar-refractivity contribution in [3.8, 4) is 17.1 Å². The van der Waals surface area contributed by atoms with Crippen LogP contribution in [0.4, 0.5) is 0 Å². The molecule has 0 aliphatic rings. The lowest BCUT2D eigenvalue weighted by molar-refractivity contribution is -0.118. The highest BCUT2D eigenvalue weighted by molar-refractivity contribution is 7.99. The first-order chi connectivity index (χ1) is 12.6. The summed E-state index contributed by atoms with van der Waals surface area (Å²) in [5.74, 6) is 1.08. The first-order valence-corrected chi connectivity index (χ1v) is 9.56. The summed E-state index contributed by atoms with van der Waals surface area (Å²) >= 11 is 1.39. The highest BCUT2D eigenvalue weighted by Gasteiger charge is 2.17. The Bertz CT molecular complexity index is 902. The van der Waals surface area contributed by atoms with Gasteiger partial charge in [-0.25, -0.2) is 0 Å². The monoisotopic (exact) mass is 366 g/mol. The lowest BCUT2D eigenvalue weighted by Gasteiger charge is -2.11. The van der Waals surface area contributed by atoms with Crippen LogP contribution in [-0.4, -0.2) is 33.0 Å². The van der Waals surface area contributed by atoms with Crippen LogP contribution in [0.5, 0.6) is 0 Å². The van der Waals surface area contributed by atoms with Crippen molar-refractivity contribution in [1.82, 2.24) is 20.1 Å². The molecule has 0 radical (unpaired) electrons. The quantitative estimate of drug-likeness (QED) is 0.675. The van der Waals surface area contributed by atoms with Gasteiger partial charge in [0.1, 0.15) is 0 Å². The fourth-order valence-corrected chi connectivity index (χ4v) is 3.42. The summed E-state index contributed by atoms with van der Waals surface area (Å²) in [6, 6.07) is 16.4. The molecule has 5 nitrogen and oxygen atoms in total. The second-order valence-corrected chi connectivity index (χ2v) is 7.03. The Kier molecular flexibility index (Phi) is 5.73. The van der Waals surface area contributed by atoms with Crippen molar-refractivity contribution in [2.45, 2.75) is 25.9 Å². The molecule has 0 saturated carbocycles. The summed E-state index contributed by atoms with van der Waals surface area (Å²) in [5, 5.41) is 12.3. The summed E-state index contributed by atoms with van der Waals surface area (Å²) in [5.41, 5.74) is 4.34. The van der Waals surface area contributed by atoms with E-state index in [0.717, 1.165) is 22.6 Å². The van der Waals surface area contributed by atoms with E-state index in [1.165, 1.54) is 17.3 Å². The molecule has 3 aromatic rings. The number of thioether (sulfide) groups is 1. The van der Waals surface area contributed by atoms with Crippen molar-refractivity contribution >= 4 is 17.7 Å². The molecule has 0 aliphatic heterocycles. The minimum Gasteiger partial charge on any atom is -0.356 e. The van der Waals surface area contributed by atoms with Gasteiger partial charge in [0.15, 0.2) is 11.0 Å². The topological polar surface area (TPSA) is 59.8 Å². The minimum absolute atomic E-state index is 0.00642. The highest BCUT2D eigenvalue weighted by Crippen LogP contribution is 2.28. The van der Waals surface area contributed by atoms with E-state index >= 15 is 0 Å². The molecule has 3 rings (SSSR count). The number of nitrogens with zero attached hydrogens (tertiary/aromatic N) is 3. The number of amides is 1. The molecule has 26 heavy (non-hydrogen) atoms. The van der Waals surface area contributed by atoms with Crippen LogP contribution in [0.25, 0.3) is 17.1 Å². The van der Waals surface area contributed by atoms with Crippen LogP contribution < -0.4 is 5.32 Å². The molecule has 1 aromatic heterocycles. The number of carbonyl (C=O) groups excluding carboxylic acids is 1. The summed E-state index contributed by atoms with van der Waals surface area (Å²) < 4.78 is 2.01. The fourth-order valence-electron chi connectivity index (χ4n) is 2.64. The first kappa shape index (κ1) is 18.2. The van der Waals surface area contributed by atoms with Gasteiger partial charge in [-0.3, -0.25) is 9.36 Å². The first-order valence-electron chi connectivity index (χ1n) is 8.57. The summed E-state index contributed by atoms with van der Waals surface area (Å²) in [7, 11) is 0. The fraction of sp³-hybridized carbons (Fsp3) is 0.250. The van der Waals surface area contributed by atoms with E-state index in [9.17, 15) is 4.79 Å². The van der Waals surface area contributed by atoms with Crippen molar-refractivity contribution < 1.29 is 4.79 Å². The third-order valence-corrected chi connectivity index (χ3v) is 4.84. The number of carbonyl (C=O) groups is 1. The van der Waals surface area contributed by atoms with Gasteiger partial charge in [-0.2, -0.15) is 0 Å². The van der Waals surface area contributed by atoms with E-state index in [1.54, 1.807) is 0 Å². The van der Waals surface area contributed by atoms with Gasteiger partial charge in [-0.1, -0.05) is 53.2 Å². The maximum atomic E-state index is 11.8. The zero-order valence-corrected chi connectivity index (χ0v) is 16.0. The van der Waals surface area contributed by atoms with Crippen molar-refractivity contribution in [3.63, 3.8) is 0 Å². The molecule has 0 aliphatic carbocycles. The Hall–Kier alpha value is -2.60. The van der Waals surface area contributed by atoms with Gasteiger partial charge in [0.25, 0.3) is 0 Å². The number of hydrogen-bond donors (Lipinski definition) is 1. The smallest absolute Gasteiger partial charge is 0.230 e. The summed E-state index contributed by atoms with van der Waals surface area (Å²) in [4.78, 5) is 11.8. The van der Waals surface area contributed by atoms with Gasteiger partial charge in [0.05, 0.1) is 5.75 Å². The maximum Gasteiger partial charge on any atom is 0.230 e. The second kappa shape index (κ2) is 8.19. The number of benzene rings is 2. The molecule has 0 fully saturated rings. The number of hydrogen-bond acceptors (Lipinski definition) is 4. The van der Waals surface area contributed by atoms with Gasteiger partial charge in [-0.15, -0.1) is 10.2 Å². The number of rotatable bonds is 6. The van der Waals surface area contributed by atoms with E-state index in [-0.39, 0.29) is 5.91 Å². The number of aromatic nitrogens is 3. The van der Waals surface area contributed by atoms with E-state index < -0.39 is 0 Å². The lowest BCUT2D eigenvalue weighted by Crippen LogP contribution is -2.24. The van der Waals surface area contributed by atoms with Crippen LogP contribution in [0.3, 0.4) is 0 Å². The van der Waals surface area contributed by atoms with Gasteiger partial charge in [0.2, 0.25) is 5.91 Å². The Balaban J connectivity index is 2.02. The number of aryl methyl sites for hydroxylation is 2. The number of nitrogens with one attached hydrogen (secondary N) is 1. The average Bonchev–Trinajstić information content (AvgIpc) is 3.05. The van der Waals surface area contributed by atoms with E-state index in [0.29, 0.717) is 17.5 Å². The SMILES string of the molecule is CCNC(=O)CSc1nnc(-c2cccc(C)c2)n1-c1ccc(C)cc1. The molecule has 0 spiro atoms. The van der Waals surface area contributed by atoms with Crippen LogP contribution in [0.2, 0.25) is 0 Å². The molecule has 1 amide bonds.